The summed E-state index contributed by atoms with van der Waals surface area (Å²) < 4.78 is 10.3. The van der Waals surface area contributed by atoms with Crippen LogP contribution in [0.3, 0.4) is 0 Å². The fraction of sp³-hybridized carbons (Fsp3) is 0.462. The smallest absolute Gasteiger partial charge is 0.224 e. The first-order valence-corrected chi connectivity index (χ1v) is 5.94. The largest absolute Gasteiger partial charge is 0.496 e. The van der Waals surface area contributed by atoms with Crippen molar-refractivity contribution in [2.45, 2.75) is 6.42 Å². The van der Waals surface area contributed by atoms with Crippen LogP contribution in [0.1, 0.15) is 5.56 Å². The molecule has 0 aliphatic rings. The molecule has 5 nitrogen and oxygen atoms in total. The molecule has 0 bridgehead atoms. The predicted molar refractivity (Wildman–Crippen MR) is 69.6 cm³/mol. The number of ether oxygens (including phenoxy) is 2. The van der Waals surface area contributed by atoms with Crippen molar-refractivity contribution < 1.29 is 14.3 Å². The normalized spacial score (nSPS) is 10.1. The van der Waals surface area contributed by atoms with Gasteiger partial charge in [-0.25, -0.2) is 0 Å². The fourth-order valence-corrected chi connectivity index (χ4v) is 1.53. The molecule has 1 rings (SSSR count). The van der Waals surface area contributed by atoms with Crippen molar-refractivity contribution in [3.63, 3.8) is 0 Å². The van der Waals surface area contributed by atoms with Gasteiger partial charge >= 0.3 is 0 Å². The Morgan fingerprint density at radius 1 is 1.33 bits per heavy atom. The minimum atomic E-state index is -0.0455. The molecule has 18 heavy (non-hydrogen) atoms. The number of nitrogens with one attached hydrogen (secondary N) is 1. The SMILES string of the molecule is COc1ccccc1CC(=O)NCCOCCN. The first-order valence-electron chi connectivity index (χ1n) is 5.94. The second-order valence-electron chi connectivity index (χ2n) is 3.74. The fourth-order valence-electron chi connectivity index (χ4n) is 1.53. The molecule has 0 aliphatic heterocycles. The average molecular weight is 252 g/mol. The molecule has 3 N–H and O–H groups in total. The molecular weight excluding hydrogens is 232 g/mol. The van der Waals surface area contributed by atoms with Gasteiger partial charge in [-0.05, 0) is 6.07 Å². The van der Waals surface area contributed by atoms with Crippen LogP contribution in [0.25, 0.3) is 0 Å². The molecular formula is C13H20N2O3. The number of carbonyl (C=O) groups is 1. The predicted octanol–water partition coefficient (Wildman–Crippen LogP) is 0.329. The number of hydrogen-bond donors (Lipinski definition) is 2. The maximum Gasteiger partial charge on any atom is 0.224 e. The van der Waals surface area contributed by atoms with Gasteiger partial charge in [0.15, 0.2) is 0 Å². The van der Waals surface area contributed by atoms with E-state index in [1.165, 1.54) is 0 Å². The number of carbonyl (C=O) groups excluding carboxylic acids is 1. The molecule has 0 saturated carbocycles. The van der Waals surface area contributed by atoms with E-state index in [0.717, 1.165) is 11.3 Å². The molecule has 1 aromatic rings. The van der Waals surface area contributed by atoms with Crippen molar-refractivity contribution in [3.8, 4) is 5.75 Å². The van der Waals surface area contributed by atoms with Crippen molar-refractivity contribution >= 4 is 5.91 Å². The van der Waals surface area contributed by atoms with E-state index < -0.39 is 0 Å². The zero-order chi connectivity index (χ0) is 13.2. The molecule has 0 radical (unpaired) electrons. The highest BCUT2D eigenvalue weighted by molar-refractivity contribution is 5.79. The number of hydrogen-bond acceptors (Lipinski definition) is 4. The van der Waals surface area contributed by atoms with Crippen molar-refractivity contribution in [2.24, 2.45) is 5.73 Å². The highest BCUT2D eigenvalue weighted by atomic mass is 16.5. The Morgan fingerprint density at radius 3 is 2.83 bits per heavy atom. The van der Waals surface area contributed by atoms with Gasteiger partial charge < -0.3 is 20.5 Å². The van der Waals surface area contributed by atoms with Gasteiger partial charge in [-0.2, -0.15) is 0 Å². The zero-order valence-corrected chi connectivity index (χ0v) is 10.6. The van der Waals surface area contributed by atoms with Gasteiger partial charge in [-0.1, -0.05) is 18.2 Å². The van der Waals surface area contributed by atoms with Gasteiger partial charge in [-0.15, -0.1) is 0 Å². The summed E-state index contributed by atoms with van der Waals surface area (Å²) in [5, 5.41) is 2.78. The van der Waals surface area contributed by atoms with Crippen molar-refractivity contribution in [2.75, 3.05) is 33.4 Å². The Bertz CT molecular complexity index is 369. The number of amides is 1. The van der Waals surface area contributed by atoms with Crippen LogP contribution in [-0.4, -0.2) is 39.3 Å². The highest BCUT2D eigenvalue weighted by Gasteiger charge is 2.07. The van der Waals surface area contributed by atoms with E-state index in [9.17, 15) is 4.79 Å². The van der Waals surface area contributed by atoms with Crippen molar-refractivity contribution in [1.82, 2.24) is 5.32 Å². The third-order valence-electron chi connectivity index (χ3n) is 2.37. The lowest BCUT2D eigenvalue weighted by Crippen LogP contribution is -2.29. The van der Waals surface area contributed by atoms with Crippen LogP contribution in [0.5, 0.6) is 5.75 Å². The second-order valence-corrected chi connectivity index (χ2v) is 3.74. The zero-order valence-electron chi connectivity index (χ0n) is 10.6. The summed E-state index contributed by atoms with van der Waals surface area (Å²) in [6.07, 6.45) is 0.306. The Balaban J connectivity index is 2.31. The van der Waals surface area contributed by atoms with Gasteiger partial charge in [0.05, 0.1) is 26.7 Å². The van der Waals surface area contributed by atoms with E-state index in [4.69, 9.17) is 15.2 Å². The van der Waals surface area contributed by atoms with E-state index in [0.29, 0.717) is 32.7 Å². The van der Waals surface area contributed by atoms with Gasteiger partial charge in [0.25, 0.3) is 0 Å². The minimum Gasteiger partial charge on any atom is -0.496 e. The number of methoxy groups -OCH3 is 1. The average Bonchev–Trinajstić information content (AvgIpc) is 2.39. The van der Waals surface area contributed by atoms with Crippen molar-refractivity contribution in [3.05, 3.63) is 29.8 Å². The topological polar surface area (TPSA) is 73.6 Å². The molecule has 0 fully saturated rings. The summed E-state index contributed by atoms with van der Waals surface area (Å²) in [6.45, 7) is 1.99. The van der Waals surface area contributed by atoms with Gasteiger partial charge in [-0.3, -0.25) is 4.79 Å². The standard InChI is InChI=1S/C13H20N2O3/c1-17-12-5-3-2-4-11(12)10-13(16)15-7-9-18-8-6-14/h2-5H,6-10,14H2,1H3,(H,15,16). The Hall–Kier alpha value is -1.59. The second kappa shape index (κ2) is 8.49. The molecule has 5 heteroatoms. The van der Waals surface area contributed by atoms with E-state index in [1.54, 1.807) is 7.11 Å². The molecule has 1 aromatic carbocycles. The molecule has 0 aromatic heterocycles. The maximum absolute atomic E-state index is 11.7. The summed E-state index contributed by atoms with van der Waals surface area (Å²) >= 11 is 0. The number of para-hydroxylation sites is 1. The summed E-state index contributed by atoms with van der Waals surface area (Å²) in [5.41, 5.74) is 6.15. The first-order chi connectivity index (χ1) is 8.77. The highest BCUT2D eigenvalue weighted by Crippen LogP contribution is 2.17. The molecule has 100 valence electrons. The Labute approximate surface area is 107 Å². The number of rotatable bonds is 8. The van der Waals surface area contributed by atoms with Gasteiger partial charge in [0, 0.05) is 18.7 Å². The molecule has 0 spiro atoms. The van der Waals surface area contributed by atoms with E-state index in [2.05, 4.69) is 5.32 Å². The minimum absolute atomic E-state index is 0.0455. The van der Waals surface area contributed by atoms with E-state index in [-0.39, 0.29) is 5.91 Å². The van der Waals surface area contributed by atoms with Gasteiger partial charge in [0.1, 0.15) is 5.75 Å². The summed E-state index contributed by atoms with van der Waals surface area (Å²) in [6, 6.07) is 7.48. The number of benzene rings is 1. The van der Waals surface area contributed by atoms with E-state index >= 15 is 0 Å². The first kappa shape index (κ1) is 14.5. The van der Waals surface area contributed by atoms with Crippen LogP contribution >= 0.6 is 0 Å². The Morgan fingerprint density at radius 2 is 2.11 bits per heavy atom. The lowest BCUT2D eigenvalue weighted by Gasteiger charge is -2.09. The lowest BCUT2D eigenvalue weighted by molar-refractivity contribution is -0.120. The Kier molecular flexibility index (Phi) is 6.83. The van der Waals surface area contributed by atoms with Crippen LogP contribution in [0.15, 0.2) is 24.3 Å². The maximum atomic E-state index is 11.7. The molecule has 1 amide bonds. The van der Waals surface area contributed by atoms with Crippen LogP contribution in [-0.2, 0) is 16.0 Å². The molecule has 0 saturated heterocycles. The summed E-state index contributed by atoms with van der Waals surface area (Å²) in [7, 11) is 1.59. The van der Waals surface area contributed by atoms with Crippen LogP contribution in [0, 0.1) is 0 Å². The molecule has 0 unspecified atom stereocenters. The van der Waals surface area contributed by atoms with Crippen molar-refractivity contribution in [1.29, 1.82) is 0 Å². The summed E-state index contributed by atoms with van der Waals surface area (Å²) in [5.74, 6) is 0.683. The van der Waals surface area contributed by atoms with E-state index in [1.807, 2.05) is 24.3 Å². The third kappa shape index (κ3) is 5.16. The van der Waals surface area contributed by atoms with Gasteiger partial charge in [0.2, 0.25) is 5.91 Å². The lowest BCUT2D eigenvalue weighted by atomic mass is 10.1. The molecule has 0 atom stereocenters. The van der Waals surface area contributed by atoms with Crippen LogP contribution in [0.4, 0.5) is 0 Å². The summed E-state index contributed by atoms with van der Waals surface area (Å²) in [4.78, 5) is 11.7. The monoisotopic (exact) mass is 252 g/mol. The number of nitrogens with two attached hydrogens (primary N) is 1. The van der Waals surface area contributed by atoms with Crippen LogP contribution in [0.2, 0.25) is 0 Å². The molecule has 0 aliphatic carbocycles. The third-order valence-corrected chi connectivity index (χ3v) is 2.37. The van der Waals surface area contributed by atoms with Crippen LogP contribution < -0.4 is 15.8 Å². The quantitative estimate of drug-likeness (QED) is 0.654. The molecule has 0 heterocycles.